The van der Waals surface area contributed by atoms with E-state index in [0.29, 0.717) is 19.3 Å². The quantitative estimate of drug-likeness (QED) is 0.0232. The predicted molar refractivity (Wildman–Crippen MR) is 273 cm³/mol. The number of aliphatic hydroxyl groups excluding tert-OH is 6. The molecule has 0 radical (unpaired) electrons. The van der Waals surface area contributed by atoms with Crippen LogP contribution < -0.4 is 5.32 Å². The van der Waals surface area contributed by atoms with Crippen molar-refractivity contribution in [2.24, 2.45) is 0 Å². The van der Waals surface area contributed by atoms with Gasteiger partial charge >= 0.3 is 0 Å². The van der Waals surface area contributed by atoms with Gasteiger partial charge in [-0.1, -0.05) is 230 Å². The van der Waals surface area contributed by atoms with Crippen molar-refractivity contribution in [1.29, 1.82) is 0 Å². The standard InChI is InChI=1S/C56H105NO9/c1-3-5-7-9-11-13-15-17-19-21-22-23-24-25-26-27-29-31-33-35-37-39-41-43-45-50(60)55(64)57-48(47-65-56-54(63)53(62)52(61)51(46-58)66-56)49(59)44-42-40-38-36-34-32-30-28-20-18-16-14-12-10-8-6-4-2/h25-26,34,36,42,44,48-54,56,58-63H,3-24,27-33,35,37-41,43,45-47H2,1-2H3,(H,57,64)/b26-25-,36-34+,44-42+. The molecule has 0 aliphatic carbocycles. The number of rotatable bonds is 47. The van der Waals surface area contributed by atoms with Gasteiger partial charge in [0.1, 0.15) is 30.5 Å². The summed E-state index contributed by atoms with van der Waals surface area (Å²) in [5, 5.41) is 64.9. The molecule has 1 heterocycles. The van der Waals surface area contributed by atoms with Crippen LogP contribution in [0.15, 0.2) is 36.5 Å². The lowest BCUT2D eigenvalue weighted by molar-refractivity contribution is -0.302. The molecule has 1 rings (SSSR count). The lowest BCUT2D eigenvalue weighted by Gasteiger charge is -2.40. The van der Waals surface area contributed by atoms with Gasteiger partial charge in [-0.15, -0.1) is 0 Å². The van der Waals surface area contributed by atoms with Crippen molar-refractivity contribution in [2.45, 2.75) is 300 Å². The maximum atomic E-state index is 13.1. The van der Waals surface area contributed by atoms with Gasteiger partial charge in [0.05, 0.1) is 25.4 Å². The summed E-state index contributed by atoms with van der Waals surface area (Å²) in [6.07, 6.45) is 48.1. The maximum Gasteiger partial charge on any atom is 0.249 e. The van der Waals surface area contributed by atoms with Crippen molar-refractivity contribution in [3.63, 3.8) is 0 Å². The first kappa shape index (κ1) is 62.4. The molecule has 1 saturated heterocycles. The number of aliphatic hydroxyl groups is 6. The van der Waals surface area contributed by atoms with Crippen LogP contribution in [0.5, 0.6) is 0 Å². The van der Waals surface area contributed by atoms with Gasteiger partial charge in [0.15, 0.2) is 6.29 Å². The molecule has 66 heavy (non-hydrogen) atoms. The van der Waals surface area contributed by atoms with Crippen molar-refractivity contribution >= 4 is 5.91 Å². The van der Waals surface area contributed by atoms with E-state index in [9.17, 15) is 35.4 Å². The topological polar surface area (TPSA) is 169 Å². The maximum absolute atomic E-state index is 13.1. The summed E-state index contributed by atoms with van der Waals surface area (Å²) in [5.74, 6) is -0.627. The van der Waals surface area contributed by atoms with E-state index in [4.69, 9.17) is 9.47 Å². The molecule has 0 spiro atoms. The first-order chi connectivity index (χ1) is 32.3. The second-order valence-corrected chi connectivity index (χ2v) is 19.5. The van der Waals surface area contributed by atoms with E-state index in [2.05, 4.69) is 43.5 Å². The van der Waals surface area contributed by atoms with E-state index in [-0.39, 0.29) is 6.61 Å². The molecule has 1 amide bonds. The highest BCUT2D eigenvalue weighted by Crippen LogP contribution is 2.23. The van der Waals surface area contributed by atoms with Crippen LogP contribution in [0.25, 0.3) is 0 Å². The lowest BCUT2D eigenvalue weighted by Crippen LogP contribution is -2.60. The molecule has 0 aromatic carbocycles. The van der Waals surface area contributed by atoms with Gasteiger partial charge in [-0.3, -0.25) is 4.79 Å². The summed E-state index contributed by atoms with van der Waals surface area (Å²) in [6, 6.07) is -0.998. The summed E-state index contributed by atoms with van der Waals surface area (Å²) < 4.78 is 11.2. The lowest BCUT2D eigenvalue weighted by atomic mass is 9.99. The number of nitrogens with one attached hydrogen (secondary N) is 1. The number of carbonyl (C=O) groups excluding carboxylic acids is 1. The average molecular weight is 936 g/mol. The average Bonchev–Trinajstić information content (AvgIpc) is 3.32. The van der Waals surface area contributed by atoms with E-state index in [1.807, 2.05) is 6.08 Å². The molecule has 7 N–H and O–H groups in total. The summed E-state index contributed by atoms with van der Waals surface area (Å²) in [6.45, 7) is 3.62. The molecular formula is C56H105NO9. The van der Waals surface area contributed by atoms with Crippen LogP contribution in [0, 0.1) is 0 Å². The molecule has 1 aliphatic heterocycles. The second-order valence-electron chi connectivity index (χ2n) is 19.5. The van der Waals surface area contributed by atoms with Gasteiger partial charge in [0.2, 0.25) is 5.91 Å². The zero-order valence-electron chi connectivity index (χ0n) is 42.6. The van der Waals surface area contributed by atoms with Gasteiger partial charge in [0.25, 0.3) is 0 Å². The minimum atomic E-state index is -1.62. The Morgan fingerprint density at radius 3 is 1.32 bits per heavy atom. The van der Waals surface area contributed by atoms with Crippen LogP contribution in [0.1, 0.15) is 251 Å². The Bertz CT molecular complexity index is 1150. The van der Waals surface area contributed by atoms with Crippen molar-refractivity contribution in [2.75, 3.05) is 13.2 Å². The molecule has 388 valence electrons. The molecule has 10 heteroatoms. The van der Waals surface area contributed by atoms with Gasteiger partial charge in [0, 0.05) is 0 Å². The largest absolute Gasteiger partial charge is 0.394 e. The fraction of sp³-hybridized carbons (Fsp3) is 0.875. The van der Waals surface area contributed by atoms with Crippen LogP contribution in [0.3, 0.4) is 0 Å². The molecule has 1 fully saturated rings. The molecule has 8 unspecified atom stereocenters. The normalized spacial score (nSPS) is 20.5. The molecule has 10 nitrogen and oxygen atoms in total. The van der Waals surface area contributed by atoms with E-state index < -0.39 is 61.5 Å². The number of hydrogen-bond acceptors (Lipinski definition) is 9. The molecule has 0 bridgehead atoms. The first-order valence-electron chi connectivity index (χ1n) is 27.8. The van der Waals surface area contributed by atoms with E-state index in [0.717, 1.165) is 32.1 Å². The van der Waals surface area contributed by atoms with Crippen LogP contribution in [0.2, 0.25) is 0 Å². The molecular weight excluding hydrogens is 831 g/mol. The van der Waals surface area contributed by atoms with Gasteiger partial charge in [-0.25, -0.2) is 0 Å². The van der Waals surface area contributed by atoms with Crippen LogP contribution in [0.4, 0.5) is 0 Å². The van der Waals surface area contributed by atoms with Crippen LogP contribution in [-0.2, 0) is 14.3 Å². The minimum absolute atomic E-state index is 0.301. The van der Waals surface area contributed by atoms with Crippen LogP contribution >= 0.6 is 0 Å². The Balaban J connectivity index is 2.31. The summed E-state index contributed by atoms with van der Waals surface area (Å²) in [5.41, 5.74) is 0. The second kappa shape index (κ2) is 45.8. The highest BCUT2D eigenvalue weighted by Gasteiger charge is 2.44. The Kier molecular flexibility index (Phi) is 43.3. The van der Waals surface area contributed by atoms with Crippen molar-refractivity contribution in [1.82, 2.24) is 5.32 Å². The molecule has 8 atom stereocenters. The number of carbonyl (C=O) groups is 1. The fourth-order valence-corrected chi connectivity index (χ4v) is 8.76. The van der Waals surface area contributed by atoms with E-state index >= 15 is 0 Å². The van der Waals surface area contributed by atoms with E-state index in [1.54, 1.807) is 6.08 Å². The summed E-state index contributed by atoms with van der Waals surface area (Å²) in [4.78, 5) is 13.1. The fourth-order valence-electron chi connectivity index (χ4n) is 8.76. The van der Waals surface area contributed by atoms with Crippen LogP contribution in [-0.4, -0.2) is 98.7 Å². The number of unbranched alkanes of at least 4 members (excludes halogenated alkanes) is 32. The smallest absolute Gasteiger partial charge is 0.249 e. The van der Waals surface area contributed by atoms with Crippen molar-refractivity contribution in [3.8, 4) is 0 Å². The van der Waals surface area contributed by atoms with Crippen molar-refractivity contribution < 1.29 is 44.9 Å². The van der Waals surface area contributed by atoms with Crippen molar-refractivity contribution in [3.05, 3.63) is 36.5 Å². The Morgan fingerprint density at radius 2 is 0.894 bits per heavy atom. The van der Waals surface area contributed by atoms with Gasteiger partial charge < -0.3 is 45.4 Å². The summed E-state index contributed by atoms with van der Waals surface area (Å²) in [7, 11) is 0. The zero-order chi connectivity index (χ0) is 48.1. The molecule has 1 aliphatic rings. The SMILES string of the molecule is CCCCCCCCCCCCC/C=C/CC/C=C/C(O)C(COC1OC(CO)C(O)C(O)C1O)NC(=O)C(O)CCCCCCCCCC/C=C\CCCCCCCCCCCCCC. The molecule has 0 aromatic rings. The number of allylic oxidation sites excluding steroid dienone is 5. The van der Waals surface area contributed by atoms with Gasteiger partial charge in [-0.2, -0.15) is 0 Å². The molecule has 0 aromatic heterocycles. The Labute approximate surface area is 404 Å². The number of amides is 1. The minimum Gasteiger partial charge on any atom is -0.394 e. The van der Waals surface area contributed by atoms with E-state index in [1.165, 1.54) is 186 Å². The highest BCUT2D eigenvalue weighted by molar-refractivity contribution is 5.80. The van der Waals surface area contributed by atoms with Gasteiger partial charge in [-0.05, 0) is 57.8 Å². The Morgan fingerprint density at radius 1 is 0.515 bits per heavy atom. The predicted octanol–water partition coefficient (Wildman–Crippen LogP) is 12.2. The molecule has 0 saturated carbocycles. The highest BCUT2D eigenvalue weighted by atomic mass is 16.7. The third-order valence-corrected chi connectivity index (χ3v) is 13.3. The number of ether oxygens (including phenoxy) is 2. The monoisotopic (exact) mass is 936 g/mol. The Hall–Kier alpha value is -1.63. The first-order valence-corrected chi connectivity index (χ1v) is 27.8. The summed E-state index contributed by atoms with van der Waals surface area (Å²) >= 11 is 0. The zero-order valence-corrected chi connectivity index (χ0v) is 42.6. The number of hydrogen-bond donors (Lipinski definition) is 7. The third-order valence-electron chi connectivity index (χ3n) is 13.3. The third kappa shape index (κ3) is 34.6.